The molecule has 148 valence electrons. The molecule has 1 N–H and O–H groups in total. The summed E-state index contributed by atoms with van der Waals surface area (Å²) in [5.74, 6) is -2.29. The van der Waals surface area contributed by atoms with Gasteiger partial charge >= 0.3 is 12.1 Å². The van der Waals surface area contributed by atoms with E-state index >= 15 is 0 Å². The molecule has 1 heterocycles. The summed E-state index contributed by atoms with van der Waals surface area (Å²) in [7, 11) is 0. The number of nitrogens with zero attached hydrogens (tertiary/aromatic N) is 2. The number of hydrogen-bond donors (Lipinski definition) is 1. The molecule has 1 amide bonds. The molecule has 2 aromatic carbocycles. The van der Waals surface area contributed by atoms with Crippen LogP contribution in [0.4, 0.5) is 13.2 Å². The zero-order valence-electron chi connectivity index (χ0n) is 14.9. The molecule has 0 fully saturated rings. The maximum atomic E-state index is 13.5. The van der Waals surface area contributed by atoms with Crippen molar-refractivity contribution in [2.45, 2.75) is 31.7 Å². The number of aliphatic hydroxyl groups is 1. The average molecular weight is 394 g/mol. The Hall–Kier alpha value is -2.94. The second-order valence-corrected chi connectivity index (χ2v) is 6.29. The summed E-state index contributed by atoms with van der Waals surface area (Å²) >= 11 is 0. The lowest BCUT2D eigenvalue weighted by atomic mass is 9.98. The van der Waals surface area contributed by atoms with Gasteiger partial charge in [0, 0.05) is 0 Å². The van der Waals surface area contributed by atoms with Gasteiger partial charge in [-0.15, -0.1) is 0 Å². The molecule has 1 aliphatic heterocycles. The minimum absolute atomic E-state index is 0.0265. The van der Waals surface area contributed by atoms with Gasteiger partial charge in [-0.1, -0.05) is 36.4 Å². The van der Waals surface area contributed by atoms with E-state index in [0.717, 1.165) is 10.8 Å². The van der Waals surface area contributed by atoms with Crippen LogP contribution in [-0.2, 0) is 14.3 Å². The van der Waals surface area contributed by atoms with Crippen molar-refractivity contribution >= 4 is 28.4 Å². The summed E-state index contributed by atoms with van der Waals surface area (Å²) < 4.78 is 45.2. The van der Waals surface area contributed by atoms with Crippen molar-refractivity contribution in [2.75, 3.05) is 6.61 Å². The zero-order chi connectivity index (χ0) is 20.5. The van der Waals surface area contributed by atoms with Gasteiger partial charge in [0.05, 0.1) is 18.7 Å². The number of rotatable bonds is 4. The molecular weight excluding hydrogens is 377 g/mol. The van der Waals surface area contributed by atoms with Crippen LogP contribution < -0.4 is 0 Å². The topological polar surface area (TPSA) is 79.2 Å². The molecule has 0 aliphatic carbocycles. The second kappa shape index (κ2) is 7.23. The Labute approximate surface area is 158 Å². The van der Waals surface area contributed by atoms with Crippen LogP contribution in [0.5, 0.6) is 0 Å². The van der Waals surface area contributed by atoms with E-state index < -0.39 is 36.6 Å². The van der Waals surface area contributed by atoms with Crippen molar-refractivity contribution in [1.82, 2.24) is 5.01 Å². The van der Waals surface area contributed by atoms with Crippen LogP contribution in [0.15, 0.2) is 47.6 Å². The van der Waals surface area contributed by atoms with E-state index in [1.807, 2.05) is 12.1 Å². The fourth-order valence-electron chi connectivity index (χ4n) is 2.97. The van der Waals surface area contributed by atoms with Gasteiger partial charge in [0.25, 0.3) is 11.6 Å². The van der Waals surface area contributed by atoms with E-state index in [1.165, 1.54) is 6.92 Å². The van der Waals surface area contributed by atoms with Crippen LogP contribution >= 0.6 is 0 Å². The highest BCUT2D eigenvalue weighted by Crippen LogP contribution is 2.41. The lowest BCUT2D eigenvalue weighted by molar-refractivity contribution is -0.302. The number of hydrazone groups is 1. The SMILES string of the molecule is CCOC(=O)CC(=O)N1N=C(c2ccc3ccccc3c2)CC1(O)C(F)(F)F. The molecular formula is C19H17F3N2O4. The Morgan fingerprint density at radius 2 is 1.89 bits per heavy atom. The van der Waals surface area contributed by atoms with Gasteiger partial charge in [-0.3, -0.25) is 9.59 Å². The number of halogens is 3. The molecule has 0 spiro atoms. The summed E-state index contributed by atoms with van der Waals surface area (Å²) in [6.07, 6.45) is -7.07. The molecule has 0 bridgehead atoms. The minimum Gasteiger partial charge on any atom is -0.466 e. The Kier molecular flexibility index (Phi) is 5.12. The van der Waals surface area contributed by atoms with Gasteiger partial charge in [-0.2, -0.15) is 23.3 Å². The lowest BCUT2D eigenvalue weighted by Gasteiger charge is -2.32. The Bertz CT molecular complexity index is 958. The number of fused-ring (bicyclic) bond motifs is 1. The van der Waals surface area contributed by atoms with Crippen LogP contribution in [0, 0.1) is 0 Å². The molecule has 28 heavy (non-hydrogen) atoms. The standard InChI is InChI=1S/C19H17F3N2O4/c1-2-28-17(26)10-16(25)24-18(27,19(20,21)22)11-15(23-24)14-8-7-12-5-3-4-6-13(12)9-14/h3-9,27H,2,10-11H2,1H3. The van der Waals surface area contributed by atoms with Crippen molar-refractivity contribution in [3.05, 3.63) is 48.0 Å². The second-order valence-electron chi connectivity index (χ2n) is 6.29. The van der Waals surface area contributed by atoms with Crippen molar-refractivity contribution < 1.29 is 32.6 Å². The molecule has 1 aliphatic rings. The summed E-state index contributed by atoms with van der Waals surface area (Å²) in [5.41, 5.74) is -3.30. The maximum absolute atomic E-state index is 13.5. The van der Waals surface area contributed by atoms with Crippen LogP contribution in [0.25, 0.3) is 10.8 Å². The number of esters is 1. The zero-order valence-corrected chi connectivity index (χ0v) is 14.9. The number of amides is 1. The number of carbonyl (C=O) groups excluding carboxylic acids is 2. The van der Waals surface area contributed by atoms with Gasteiger partial charge in [0.2, 0.25) is 0 Å². The Balaban J connectivity index is 1.97. The molecule has 0 aromatic heterocycles. The van der Waals surface area contributed by atoms with Crippen LogP contribution in [0.1, 0.15) is 25.3 Å². The predicted octanol–water partition coefficient (Wildman–Crippen LogP) is 2.98. The first-order chi connectivity index (χ1) is 13.2. The largest absolute Gasteiger partial charge is 0.466 e. The monoisotopic (exact) mass is 394 g/mol. The Morgan fingerprint density at radius 1 is 1.21 bits per heavy atom. The van der Waals surface area contributed by atoms with E-state index in [9.17, 15) is 27.9 Å². The predicted molar refractivity (Wildman–Crippen MR) is 94.2 cm³/mol. The molecule has 3 rings (SSSR count). The first-order valence-corrected chi connectivity index (χ1v) is 8.50. The van der Waals surface area contributed by atoms with Crippen molar-refractivity contribution in [2.24, 2.45) is 5.10 Å². The highest BCUT2D eigenvalue weighted by Gasteiger charge is 2.63. The first-order valence-electron chi connectivity index (χ1n) is 8.50. The van der Waals surface area contributed by atoms with Crippen LogP contribution in [0.2, 0.25) is 0 Å². The van der Waals surface area contributed by atoms with Crippen molar-refractivity contribution in [1.29, 1.82) is 0 Å². The average Bonchev–Trinajstić information content (AvgIpc) is 3.00. The third kappa shape index (κ3) is 3.57. The van der Waals surface area contributed by atoms with Crippen molar-refractivity contribution in [3.63, 3.8) is 0 Å². The van der Waals surface area contributed by atoms with Gasteiger partial charge in [0.15, 0.2) is 0 Å². The number of ether oxygens (including phenoxy) is 1. The Morgan fingerprint density at radius 3 is 2.54 bits per heavy atom. The molecule has 0 saturated carbocycles. The van der Waals surface area contributed by atoms with Crippen LogP contribution in [-0.4, -0.2) is 46.2 Å². The first kappa shape index (κ1) is 19.8. The summed E-state index contributed by atoms with van der Waals surface area (Å²) in [4.78, 5) is 23.7. The minimum atomic E-state index is -5.17. The quantitative estimate of drug-likeness (QED) is 0.639. The van der Waals surface area contributed by atoms with Gasteiger partial charge in [0.1, 0.15) is 6.42 Å². The lowest BCUT2D eigenvalue weighted by Crippen LogP contribution is -2.57. The highest BCUT2D eigenvalue weighted by molar-refractivity contribution is 6.06. The third-order valence-corrected chi connectivity index (χ3v) is 4.36. The summed E-state index contributed by atoms with van der Waals surface area (Å²) in [6, 6.07) is 12.1. The fraction of sp³-hybridized carbons (Fsp3) is 0.316. The fourth-order valence-corrected chi connectivity index (χ4v) is 2.97. The molecule has 1 atom stereocenters. The van der Waals surface area contributed by atoms with E-state index in [-0.39, 0.29) is 17.3 Å². The normalized spacial score (nSPS) is 19.6. The summed E-state index contributed by atoms with van der Waals surface area (Å²) in [6.45, 7) is 1.47. The number of carbonyl (C=O) groups is 2. The number of hydrogen-bond acceptors (Lipinski definition) is 5. The van der Waals surface area contributed by atoms with E-state index in [1.54, 1.807) is 30.3 Å². The molecule has 0 saturated heterocycles. The number of benzene rings is 2. The molecule has 0 radical (unpaired) electrons. The smallest absolute Gasteiger partial charge is 0.438 e. The maximum Gasteiger partial charge on any atom is 0.438 e. The third-order valence-electron chi connectivity index (χ3n) is 4.36. The van der Waals surface area contributed by atoms with E-state index in [2.05, 4.69) is 9.84 Å². The van der Waals surface area contributed by atoms with E-state index in [0.29, 0.717) is 5.56 Å². The molecule has 9 heteroatoms. The van der Waals surface area contributed by atoms with E-state index in [4.69, 9.17) is 0 Å². The highest BCUT2D eigenvalue weighted by atomic mass is 19.4. The van der Waals surface area contributed by atoms with Gasteiger partial charge < -0.3 is 9.84 Å². The van der Waals surface area contributed by atoms with Crippen molar-refractivity contribution in [3.8, 4) is 0 Å². The number of alkyl halides is 3. The van der Waals surface area contributed by atoms with Gasteiger partial charge in [-0.25, -0.2) is 0 Å². The van der Waals surface area contributed by atoms with Gasteiger partial charge in [-0.05, 0) is 29.3 Å². The summed E-state index contributed by atoms with van der Waals surface area (Å²) in [5, 5.41) is 15.6. The molecule has 6 nitrogen and oxygen atoms in total. The molecule has 2 aromatic rings. The van der Waals surface area contributed by atoms with Crippen LogP contribution in [0.3, 0.4) is 0 Å². The molecule has 1 unspecified atom stereocenters.